The molecule has 0 amide bonds. The van der Waals surface area contributed by atoms with Gasteiger partial charge in [-0.25, -0.2) is 4.98 Å². The molecule has 1 aliphatic heterocycles. The molecule has 1 aliphatic carbocycles. The number of hydrogen-bond donors (Lipinski definition) is 0. The molecule has 1 saturated carbocycles. The average Bonchev–Trinajstić information content (AvgIpc) is 4.24. The van der Waals surface area contributed by atoms with E-state index in [0.717, 1.165) is 56.5 Å². The monoisotopic (exact) mass is 1230 g/mol. The molecular formula is C68H67FIrN5SSi. The van der Waals surface area contributed by atoms with Crippen LogP contribution >= 0.6 is 11.3 Å². The summed E-state index contributed by atoms with van der Waals surface area (Å²) in [4.78, 5) is 18.4. The summed E-state index contributed by atoms with van der Waals surface area (Å²) in [5, 5.41) is 11.7. The van der Waals surface area contributed by atoms with Crippen molar-refractivity contribution in [3.8, 4) is 22.4 Å². The second-order valence-electron chi connectivity index (χ2n) is 22.8. The van der Waals surface area contributed by atoms with Crippen molar-refractivity contribution in [3.63, 3.8) is 0 Å². The molecule has 2 aliphatic rings. The van der Waals surface area contributed by atoms with Crippen LogP contribution in [0.15, 0.2) is 152 Å². The zero-order valence-electron chi connectivity index (χ0n) is 48.3. The number of thiophene rings is 1. The van der Waals surface area contributed by atoms with Crippen LogP contribution in [0.3, 0.4) is 0 Å². The fourth-order valence-corrected chi connectivity index (χ4v) is 15.3. The Kier molecular flexibility index (Phi) is 14.5. The first kappa shape index (κ1) is 50.2. The summed E-state index contributed by atoms with van der Waals surface area (Å²) in [5.41, 5.74) is 13.0. The minimum atomic E-state index is -2.36. The quantitative estimate of drug-likeness (QED) is 0.107. The van der Waals surface area contributed by atoms with Crippen LogP contribution < -0.4 is 15.3 Å². The zero-order chi connectivity index (χ0) is 55.4. The Balaban J connectivity index is 0.000000201. The van der Waals surface area contributed by atoms with Crippen LogP contribution in [-0.2, 0) is 31.9 Å². The van der Waals surface area contributed by atoms with Crippen molar-refractivity contribution in [3.05, 3.63) is 209 Å². The van der Waals surface area contributed by atoms with Crippen LogP contribution in [0.25, 0.3) is 58.9 Å². The first-order valence-electron chi connectivity index (χ1n) is 28.4. The van der Waals surface area contributed by atoms with Gasteiger partial charge in [0.15, 0.2) is 0 Å². The first-order valence-corrected chi connectivity index (χ1v) is 30.8. The van der Waals surface area contributed by atoms with Gasteiger partial charge in [-0.1, -0.05) is 180 Å². The topological polar surface area (TPSA) is 56.0 Å². The van der Waals surface area contributed by atoms with Gasteiger partial charge in [0.2, 0.25) is 0 Å². The van der Waals surface area contributed by atoms with Crippen molar-refractivity contribution >= 4 is 78.1 Å². The maximum atomic E-state index is 14.7. The average molecular weight is 1230 g/mol. The number of pyridine rings is 3. The van der Waals surface area contributed by atoms with Gasteiger partial charge in [0.1, 0.15) is 12.9 Å². The maximum Gasteiger partial charge on any atom is 3.00 e. The molecule has 1 atom stereocenters. The zero-order valence-corrected chi connectivity index (χ0v) is 49.5. The van der Waals surface area contributed by atoms with E-state index in [1.165, 1.54) is 92.0 Å². The first-order chi connectivity index (χ1) is 37.8. The van der Waals surface area contributed by atoms with Crippen LogP contribution in [0.2, 0.25) is 13.1 Å². The van der Waals surface area contributed by atoms with E-state index in [4.69, 9.17) is 19.4 Å². The second-order valence-corrected chi connectivity index (χ2v) is 28.1. The number of aryl methyl sites for hydroxylation is 2. The third kappa shape index (κ3) is 10.8. The molecule has 9 heteroatoms. The molecule has 4 aromatic heterocycles. The molecule has 10 aromatic rings. The predicted molar refractivity (Wildman–Crippen MR) is 322 cm³/mol. The van der Waals surface area contributed by atoms with Gasteiger partial charge in [-0.15, -0.1) is 40.4 Å². The SMILES string of the molecule is Cc1ccc2c3c(ccc2n1)[N-]C(c1[c-]ccc2c1sc1nc(C4CCCCC4)ccc12)N3c1ccc(C(C)(C)C)cc1-c1ccccc1.[2H]C([2H])([2H])c1c[c-]c(-c2cc(CC(C)C)c([Si](C)(C)c3ccccc3)cn2)c(F)c1.[Ir+3]. The molecule has 5 heterocycles. The fraction of sp³-hybridized carbons (Fsp3) is 0.279. The molecule has 77 heavy (non-hydrogen) atoms. The third-order valence-corrected chi connectivity index (χ3v) is 20.2. The molecular weight excluding hydrogens is 1160 g/mol. The minimum absolute atomic E-state index is 0. The molecule has 0 spiro atoms. The summed E-state index contributed by atoms with van der Waals surface area (Å²) in [6.07, 6.45) is 8.90. The van der Waals surface area contributed by atoms with E-state index >= 15 is 0 Å². The Labute approximate surface area is 478 Å². The molecule has 0 N–H and O–H groups in total. The van der Waals surface area contributed by atoms with E-state index in [1.54, 1.807) is 11.3 Å². The molecule has 1 fully saturated rings. The van der Waals surface area contributed by atoms with Crippen LogP contribution in [0.5, 0.6) is 0 Å². The standard InChI is InChI=1S/C44H40N4S.C24H27FNSi.Ir/c1-27-18-20-33-37(45-27)23-24-38-40(33)48(39-25-19-30(44(2,3)4)26-35(39)28-12-7-5-8-13-28)42(46-38)34-17-11-16-31-32-21-22-36(29-14-9-6-10-15-29)47-43(32)49-41(31)34;1-17(2)13-19-15-23(21-12-11-18(3)14-22(21)25)26-16-24(19)27(4,5)20-9-7-6-8-10-20;/h5,7-8,11-13,16,18-26,29,42H,6,9-10,14-15H2,1-4H3;6-11,14-17H,13H2,1-5H3;/q-2;-1;+3/i;3D3;. The van der Waals surface area contributed by atoms with E-state index in [1.807, 2.05) is 18.3 Å². The van der Waals surface area contributed by atoms with Gasteiger partial charge in [0.05, 0.1) is 5.52 Å². The molecule has 12 rings (SSSR count). The van der Waals surface area contributed by atoms with Crippen molar-refractivity contribution in [1.29, 1.82) is 0 Å². The summed E-state index contributed by atoms with van der Waals surface area (Å²) >= 11 is 1.80. The number of aromatic nitrogens is 3. The number of rotatable bonds is 9. The predicted octanol–water partition coefficient (Wildman–Crippen LogP) is 18.0. The van der Waals surface area contributed by atoms with Crippen molar-refractivity contribution in [2.75, 3.05) is 4.90 Å². The van der Waals surface area contributed by atoms with Crippen molar-refractivity contribution in [2.45, 2.75) is 118 Å². The van der Waals surface area contributed by atoms with Gasteiger partial charge in [-0.05, 0) is 107 Å². The molecule has 0 saturated heterocycles. The van der Waals surface area contributed by atoms with Gasteiger partial charge in [0.25, 0.3) is 0 Å². The number of halogens is 1. The van der Waals surface area contributed by atoms with E-state index in [0.29, 0.717) is 17.5 Å². The Morgan fingerprint density at radius 2 is 1.58 bits per heavy atom. The number of benzene rings is 6. The Morgan fingerprint density at radius 3 is 2.31 bits per heavy atom. The van der Waals surface area contributed by atoms with Crippen molar-refractivity contribution in [1.82, 2.24) is 15.0 Å². The summed E-state index contributed by atoms with van der Waals surface area (Å²) in [5.74, 6) is 0.396. The van der Waals surface area contributed by atoms with Gasteiger partial charge in [-0.3, -0.25) is 9.37 Å². The normalized spacial score (nSPS) is 15.6. The Bertz CT molecular complexity index is 3870. The summed E-state index contributed by atoms with van der Waals surface area (Å²) in [6, 6.07) is 56.6. The minimum Gasteiger partial charge on any atom is -0.661 e. The summed E-state index contributed by atoms with van der Waals surface area (Å²) in [7, 11) is -1.98. The Morgan fingerprint density at radius 1 is 0.831 bits per heavy atom. The van der Waals surface area contributed by atoms with Crippen LogP contribution in [0.4, 0.5) is 21.5 Å². The van der Waals surface area contributed by atoms with E-state index in [9.17, 15) is 4.39 Å². The largest absolute Gasteiger partial charge is 3.00 e. The van der Waals surface area contributed by atoms with Crippen LogP contribution in [0, 0.1) is 37.6 Å². The van der Waals surface area contributed by atoms with Gasteiger partial charge in [-0.2, -0.15) is 29.5 Å². The maximum absolute atomic E-state index is 14.7. The second kappa shape index (κ2) is 22.2. The molecule has 5 nitrogen and oxygen atoms in total. The molecule has 0 bridgehead atoms. The van der Waals surface area contributed by atoms with Crippen molar-refractivity contribution < 1.29 is 28.6 Å². The number of fused-ring (bicyclic) bond motifs is 6. The van der Waals surface area contributed by atoms with E-state index in [2.05, 4.69) is 198 Å². The Hall–Kier alpha value is -6.35. The fourth-order valence-electron chi connectivity index (χ4n) is 11.4. The smallest absolute Gasteiger partial charge is 0.661 e. The van der Waals surface area contributed by atoms with Gasteiger partial charge < -0.3 is 15.2 Å². The molecule has 390 valence electrons. The van der Waals surface area contributed by atoms with Crippen LogP contribution in [0.1, 0.15) is 117 Å². The van der Waals surface area contributed by atoms with E-state index in [-0.39, 0.29) is 42.8 Å². The third-order valence-electron chi connectivity index (χ3n) is 15.5. The van der Waals surface area contributed by atoms with Gasteiger partial charge >= 0.3 is 20.1 Å². The molecule has 0 radical (unpaired) electrons. The molecule has 1 unspecified atom stereocenters. The van der Waals surface area contributed by atoms with E-state index < -0.39 is 20.7 Å². The van der Waals surface area contributed by atoms with Gasteiger partial charge in [0, 0.05) is 55.8 Å². The van der Waals surface area contributed by atoms with Crippen LogP contribution in [-0.4, -0.2) is 23.0 Å². The summed E-state index contributed by atoms with van der Waals surface area (Å²) < 4.78 is 38.4. The molecule has 6 aromatic carbocycles. The number of nitrogens with zero attached hydrogens (tertiary/aromatic N) is 5. The number of anilines is 2. The number of hydrogen-bond acceptors (Lipinski definition) is 5. The van der Waals surface area contributed by atoms with Crippen molar-refractivity contribution in [2.24, 2.45) is 5.92 Å². The summed E-state index contributed by atoms with van der Waals surface area (Å²) in [6.45, 7) is 15.5.